The van der Waals surface area contributed by atoms with Crippen LogP contribution < -0.4 is 0 Å². The number of nitrogens with zero attached hydrogens (tertiary/aromatic N) is 1. The lowest BCUT2D eigenvalue weighted by Gasteiger charge is -2.06. The summed E-state index contributed by atoms with van der Waals surface area (Å²) in [6.07, 6.45) is 1.56. The molecule has 0 radical (unpaired) electrons. The molecule has 4 nitrogen and oxygen atoms in total. The summed E-state index contributed by atoms with van der Waals surface area (Å²) in [7, 11) is 0. The zero-order valence-corrected chi connectivity index (χ0v) is 14.3. The van der Waals surface area contributed by atoms with Crippen molar-refractivity contribution in [1.29, 1.82) is 0 Å². The van der Waals surface area contributed by atoms with Gasteiger partial charge in [-0.05, 0) is 49.0 Å². The van der Waals surface area contributed by atoms with Crippen molar-refractivity contribution < 1.29 is 14.0 Å². The molecule has 118 valence electrons. The van der Waals surface area contributed by atoms with Crippen molar-refractivity contribution in [2.45, 2.75) is 6.92 Å². The first-order valence-corrected chi connectivity index (χ1v) is 8.37. The normalized spacial score (nSPS) is 16.7. The number of rotatable bonds is 3. The van der Waals surface area contributed by atoms with E-state index in [-0.39, 0.29) is 11.1 Å². The van der Waals surface area contributed by atoms with Gasteiger partial charge in [-0.1, -0.05) is 23.2 Å². The van der Waals surface area contributed by atoms with Crippen LogP contribution in [0, 0.1) is 0 Å². The molecule has 1 aromatic heterocycles. The zero-order valence-electron chi connectivity index (χ0n) is 12.0. The summed E-state index contributed by atoms with van der Waals surface area (Å²) in [6.45, 7) is 2.11. The largest absolute Gasteiger partial charge is 0.457 e. The maximum atomic E-state index is 12.1. The van der Waals surface area contributed by atoms with Gasteiger partial charge in [0, 0.05) is 23.2 Å². The van der Waals surface area contributed by atoms with E-state index in [1.165, 1.54) is 4.90 Å². The Kier molecular flexibility index (Phi) is 4.53. The quantitative estimate of drug-likeness (QED) is 0.689. The number of imide groups is 1. The molecule has 0 atom stereocenters. The van der Waals surface area contributed by atoms with E-state index in [9.17, 15) is 9.59 Å². The minimum Gasteiger partial charge on any atom is -0.457 e. The topological polar surface area (TPSA) is 50.5 Å². The van der Waals surface area contributed by atoms with Crippen molar-refractivity contribution in [3.8, 4) is 11.3 Å². The highest BCUT2D eigenvalue weighted by atomic mass is 35.5. The summed E-state index contributed by atoms with van der Waals surface area (Å²) in [5, 5.41) is 0.750. The van der Waals surface area contributed by atoms with E-state index in [1.807, 2.05) is 0 Å². The molecule has 3 rings (SSSR count). The SMILES string of the molecule is CCN1C(=O)S/C(=C\c2ccc(-c3ccc(Cl)cc3Cl)o2)C1=O. The smallest absolute Gasteiger partial charge is 0.293 e. The molecule has 0 N–H and O–H groups in total. The van der Waals surface area contributed by atoms with Crippen LogP contribution >= 0.6 is 35.0 Å². The van der Waals surface area contributed by atoms with Crippen molar-refractivity contribution in [2.75, 3.05) is 6.54 Å². The van der Waals surface area contributed by atoms with Crippen LogP contribution in [0.2, 0.25) is 10.0 Å². The van der Waals surface area contributed by atoms with Gasteiger partial charge < -0.3 is 4.42 Å². The number of amides is 2. The number of benzene rings is 1. The van der Waals surface area contributed by atoms with Gasteiger partial charge in [-0.3, -0.25) is 14.5 Å². The molecule has 1 fully saturated rings. The number of likely N-dealkylation sites (N-methyl/N-ethyl adjacent to an activating group) is 1. The van der Waals surface area contributed by atoms with Crippen molar-refractivity contribution in [1.82, 2.24) is 4.90 Å². The van der Waals surface area contributed by atoms with Gasteiger partial charge in [0.2, 0.25) is 0 Å². The Morgan fingerprint density at radius 2 is 2.00 bits per heavy atom. The van der Waals surface area contributed by atoms with Gasteiger partial charge in [0.25, 0.3) is 11.1 Å². The Bertz CT molecular complexity index is 828. The molecule has 1 aliphatic rings. The average Bonchev–Trinajstić information content (AvgIpc) is 3.05. The standard InChI is InChI=1S/C16H11Cl2NO3S/c1-2-19-15(20)14(23-16(19)21)8-10-4-6-13(22-10)11-5-3-9(17)7-12(11)18/h3-8H,2H2,1H3/b14-8-. The van der Waals surface area contributed by atoms with Crippen LogP contribution in [-0.4, -0.2) is 22.6 Å². The molecule has 23 heavy (non-hydrogen) atoms. The van der Waals surface area contributed by atoms with Gasteiger partial charge in [0.1, 0.15) is 11.5 Å². The van der Waals surface area contributed by atoms with Crippen LogP contribution in [0.25, 0.3) is 17.4 Å². The summed E-state index contributed by atoms with van der Waals surface area (Å²) in [5.41, 5.74) is 0.706. The van der Waals surface area contributed by atoms with Crippen LogP contribution in [0.5, 0.6) is 0 Å². The molecule has 7 heteroatoms. The van der Waals surface area contributed by atoms with Crippen molar-refractivity contribution in [2.24, 2.45) is 0 Å². The van der Waals surface area contributed by atoms with E-state index in [1.54, 1.807) is 43.3 Å². The Morgan fingerprint density at radius 1 is 1.22 bits per heavy atom. The van der Waals surface area contributed by atoms with Gasteiger partial charge in [0.05, 0.1) is 9.93 Å². The first kappa shape index (κ1) is 16.2. The number of carbonyl (C=O) groups is 2. The fraction of sp³-hybridized carbons (Fsp3) is 0.125. The maximum absolute atomic E-state index is 12.1. The van der Waals surface area contributed by atoms with E-state index in [0.29, 0.717) is 38.6 Å². The first-order chi connectivity index (χ1) is 11.0. The molecular weight excluding hydrogens is 357 g/mol. The summed E-state index contributed by atoms with van der Waals surface area (Å²) in [6, 6.07) is 8.59. The molecule has 0 saturated carbocycles. The molecule has 1 aliphatic heterocycles. The fourth-order valence-corrected chi connectivity index (χ4v) is 3.55. The number of thioether (sulfide) groups is 1. The summed E-state index contributed by atoms with van der Waals surface area (Å²) >= 11 is 12.9. The van der Waals surface area contributed by atoms with Gasteiger partial charge in [-0.15, -0.1) is 0 Å². The van der Waals surface area contributed by atoms with Gasteiger partial charge >= 0.3 is 0 Å². The summed E-state index contributed by atoms with van der Waals surface area (Å²) in [5.74, 6) is 0.741. The summed E-state index contributed by atoms with van der Waals surface area (Å²) < 4.78 is 5.71. The van der Waals surface area contributed by atoms with Gasteiger partial charge in [-0.2, -0.15) is 0 Å². The third-order valence-corrected chi connectivity index (χ3v) is 4.74. The highest BCUT2D eigenvalue weighted by Gasteiger charge is 2.33. The van der Waals surface area contributed by atoms with E-state index in [2.05, 4.69) is 0 Å². The lowest BCUT2D eigenvalue weighted by molar-refractivity contribution is -0.122. The van der Waals surface area contributed by atoms with Gasteiger partial charge in [0.15, 0.2) is 0 Å². The highest BCUT2D eigenvalue weighted by molar-refractivity contribution is 8.18. The second-order valence-corrected chi connectivity index (χ2v) is 6.59. The molecular formula is C16H11Cl2NO3S. The predicted octanol–water partition coefficient (Wildman–Crippen LogP) is 5.31. The predicted molar refractivity (Wildman–Crippen MR) is 92.5 cm³/mol. The Morgan fingerprint density at radius 3 is 2.65 bits per heavy atom. The molecule has 0 bridgehead atoms. The third kappa shape index (κ3) is 3.17. The van der Waals surface area contributed by atoms with E-state index in [0.717, 1.165) is 11.8 Å². The lowest BCUT2D eigenvalue weighted by atomic mass is 10.2. The Hall–Kier alpha value is -1.69. The minimum atomic E-state index is -0.301. The van der Waals surface area contributed by atoms with Crippen LogP contribution in [0.15, 0.2) is 39.7 Å². The van der Waals surface area contributed by atoms with Crippen molar-refractivity contribution in [3.05, 3.63) is 51.0 Å². The van der Waals surface area contributed by atoms with Crippen molar-refractivity contribution >= 4 is 52.2 Å². The molecule has 1 saturated heterocycles. The maximum Gasteiger partial charge on any atom is 0.293 e. The van der Waals surface area contributed by atoms with Crippen LogP contribution in [-0.2, 0) is 4.79 Å². The van der Waals surface area contributed by atoms with Gasteiger partial charge in [-0.25, -0.2) is 0 Å². The molecule has 0 spiro atoms. The first-order valence-electron chi connectivity index (χ1n) is 6.80. The molecule has 0 unspecified atom stereocenters. The second-order valence-electron chi connectivity index (χ2n) is 4.75. The number of hydrogen-bond acceptors (Lipinski definition) is 4. The zero-order chi connectivity index (χ0) is 16.6. The molecule has 2 aromatic rings. The fourth-order valence-electron chi connectivity index (χ4n) is 2.17. The number of hydrogen-bond donors (Lipinski definition) is 0. The molecule has 1 aromatic carbocycles. The van der Waals surface area contributed by atoms with Crippen molar-refractivity contribution in [3.63, 3.8) is 0 Å². The Labute approximate surface area is 147 Å². The van der Waals surface area contributed by atoms with E-state index < -0.39 is 0 Å². The lowest BCUT2D eigenvalue weighted by Crippen LogP contribution is -2.27. The number of carbonyl (C=O) groups excluding carboxylic acids is 2. The monoisotopic (exact) mass is 367 g/mol. The number of halogens is 2. The highest BCUT2D eigenvalue weighted by Crippen LogP contribution is 2.35. The Balaban J connectivity index is 1.90. The summed E-state index contributed by atoms with van der Waals surface area (Å²) in [4.78, 5) is 25.3. The molecule has 2 amide bonds. The molecule has 2 heterocycles. The second kappa shape index (κ2) is 6.43. The van der Waals surface area contributed by atoms with Crippen LogP contribution in [0.4, 0.5) is 4.79 Å². The van der Waals surface area contributed by atoms with Crippen LogP contribution in [0.1, 0.15) is 12.7 Å². The number of furan rings is 1. The van der Waals surface area contributed by atoms with E-state index in [4.69, 9.17) is 27.6 Å². The van der Waals surface area contributed by atoms with Crippen LogP contribution in [0.3, 0.4) is 0 Å². The molecule has 0 aliphatic carbocycles. The minimum absolute atomic E-state index is 0.267. The average molecular weight is 368 g/mol. The third-order valence-electron chi connectivity index (χ3n) is 3.29. The van der Waals surface area contributed by atoms with E-state index >= 15 is 0 Å².